The molecule has 1 heterocycles. The van der Waals surface area contributed by atoms with Gasteiger partial charge in [0.1, 0.15) is 6.04 Å². The van der Waals surface area contributed by atoms with E-state index < -0.39 is 36.2 Å². The summed E-state index contributed by atoms with van der Waals surface area (Å²) in [6.45, 7) is 0.202. The quantitative estimate of drug-likeness (QED) is 0.212. The number of aryl methyl sites for hydroxylation is 1. The van der Waals surface area contributed by atoms with Gasteiger partial charge in [0.05, 0.1) is 23.9 Å². The normalized spacial score (nSPS) is 11.4. The van der Waals surface area contributed by atoms with E-state index in [0.29, 0.717) is 18.5 Å². The topological polar surface area (TPSA) is 173 Å². The number of aromatic nitrogens is 1. The molecule has 0 fully saturated rings. The lowest BCUT2D eigenvalue weighted by molar-refractivity contribution is -0.146. The second kappa shape index (κ2) is 14.4. The van der Waals surface area contributed by atoms with Crippen molar-refractivity contribution in [2.24, 2.45) is 11.5 Å². The van der Waals surface area contributed by atoms with Gasteiger partial charge in [-0.1, -0.05) is 48.5 Å². The molecule has 11 nitrogen and oxygen atoms in total. The van der Waals surface area contributed by atoms with Crippen molar-refractivity contribution in [3.05, 3.63) is 72.4 Å². The third kappa shape index (κ3) is 8.36. The highest BCUT2D eigenvalue weighted by atomic mass is 16.2. The zero-order valence-corrected chi connectivity index (χ0v) is 21.1. The first-order valence-corrected chi connectivity index (χ1v) is 12.4. The predicted octanol–water partition coefficient (Wildman–Crippen LogP) is 0.153. The Labute approximate surface area is 221 Å². The molecule has 0 saturated carbocycles. The fourth-order valence-corrected chi connectivity index (χ4v) is 3.84. The molecule has 11 heteroatoms. The molecule has 0 aliphatic rings. The van der Waals surface area contributed by atoms with Gasteiger partial charge in [0.15, 0.2) is 0 Å². The van der Waals surface area contributed by atoms with Gasteiger partial charge in [0, 0.05) is 31.6 Å². The van der Waals surface area contributed by atoms with Gasteiger partial charge < -0.3 is 32.3 Å². The maximum absolute atomic E-state index is 13.2. The lowest BCUT2D eigenvalue weighted by Crippen LogP contribution is -2.51. The van der Waals surface area contributed by atoms with Crippen LogP contribution in [-0.2, 0) is 25.6 Å². The van der Waals surface area contributed by atoms with Crippen molar-refractivity contribution in [2.75, 3.05) is 38.0 Å². The Bertz CT molecular complexity index is 1250. The highest BCUT2D eigenvalue weighted by Gasteiger charge is 2.24. The number of carbonyl (C=O) groups excluding carboxylic acids is 4. The number of para-hydroxylation sites is 1. The van der Waals surface area contributed by atoms with Gasteiger partial charge in [0.2, 0.25) is 11.8 Å². The van der Waals surface area contributed by atoms with Crippen LogP contribution in [0.1, 0.15) is 12.0 Å². The Balaban J connectivity index is 1.64. The molecule has 0 aliphatic heterocycles. The third-order valence-electron chi connectivity index (χ3n) is 5.76. The summed E-state index contributed by atoms with van der Waals surface area (Å²) in [5.41, 5.74) is 13.3. The Morgan fingerprint density at radius 1 is 0.921 bits per heavy atom. The molecule has 2 aromatic carbocycles. The number of anilines is 1. The van der Waals surface area contributed by atoms with E-state index in [9.17, 15) is 19.2 Å². The van der Waals surface area contributed by atoms with E-state index in [1.165, 1.54) is 4.90 Å². The summed E-state index contributed by atoms with van der Waals surface area (Å²) in [7, 11) is 0. The van der Waals surface area contributed by atoms with Crippen molar-refractivity contribution >= 4 is 40.2 Å². The number of hydrogen-bond acceptors (Lipinski definition) is 7. The van der Waals surface area contributed by atoms with Gasteiger partial charge >= 0.3 is 11.8 Å². The summed E-state index contributed by atoms with van der Waals surface area (Å²) in [6.07, 6.45) is 2.40. The zero-order valence-electron chi connectivity index (χ0n) is 21.1. The Morgan fingerprint density at radius 3 is 2.32 bits per heavy atom. The molecule has 7 N–H and O–H groups in total. The van der Waals surface area contributed by atoms with Crippen LogP contribution in [0.3, 0.4) is 0 Å². The molecule has 3 rings (SSSR count). The molecule has 4 amide bonds. The van der Waals surface area contributed by atoms with E-state index in [1.54, 1.807) is 12.3 Å². The third-order valence-corrected chi connectivity index (χ3v) is 5.76. The van der Waals surface area contributed by atoms with E-state index in [-0.39, 0.29) is 26.2 Å². The van der Waals surface area contributed by atoms with Crippen LogP contribution in [0.5, 0.6) is 0 Å². The van der Waals surface area contributed by atoms with Gasteiger partial charge in [-0.3, -0.25) is 24.2 Å². The fourth-order valence-electron chi connectivity index (χ4n) is 3.84. The summed E-state index contributed by atoms with van der Waals surface area (Å²) >= 11 is 0. The summed E-state index contributed by atoms with van der Waals surface area (Å²) in [5, 5.41) is 8.65. The number of nitrogens with zero attached hydrogens (tertiary/aromatic N) is 2. The monoisotopic (exact) mass is 519 g/mol. The molecular weight excluding hydrogens is 486 g/mol. The van der Waals surface area contributed by atoms with E-state index in [0.717, 1.165) is 16.5 Å². The predicted molar refractivity (Wildman–Crippen MR) is 145 cm³/mol. The number of nitrogens with two attached hydrogens (primary N) is 2. The molecule has 200 valence electrons. The summed E-state index contributed by atoms with van der Waals surface area (Å²) in [6, 6.07) is 18.0. The summed E-state index contributed by atoms with van der Waals surface area (Å²) < 4.78 is 0. The minimum absolute atomic E-state index is 0.168. The largest absolute Gasteiger partial charge is 0.343 e. The van der Waals surface area contributed by atoms with E-state index in [4.69, 9.17) is 11.5 Å². The summed E-state index contributed by atoms with van der Waals surface area (Å²) in [4.78, 5) is 56.0. The van der Waals surface area contributed by atoms with E-state index >= 15 is 0 Å². The lowest BCUT2D eigenvalue weighted by atomic mass is 10.0. The number of benzene rings is 2. The smallest absolute Gasteiger partial charge is 0.311 e. The number of hydrogen-bond donors (Lipinski definition) is 5. The van der Waals surface area contributed by atoms with Crippen LogP contribution in [0.2, 0.25) is 0 Å². The van der Waals surface area contributed by atoms with Crippen molar-refractivity contribution in [3.8, 4) is 0 Å². The fraction of sp³-hybridized carbons (Fsp3) is 0.296. The lowest BCUT2D eigenvalue weighted by Gasteiger charge is -2.21. The minimum Gasteiger partial charge on any atom is -0.343 e. The van der Waals surface area contributed by atoms with E-state index in [2.05, 4.69) is 20.9 Å². The van der Waals surface area contributed by atoms with Crippen molar-refractivity contribution in [1.82, 2.24) is 20.5 Å². The van der Waals surface area contributed by atoms with Gasteiger partial charge in [-0.2, -0.15) is 0 Å². The molecule has 0 saturated heterocycles. The van der Waals surface area contributed by atoms with Gasteiger partial charge in [-0.15, -0.1) is 0 Å². The SMILES string of the molecule is NCCN(CCN)C(=O)C(=O)NCC(=O)N[C@@H](CCc1ccccc1)C(=O)Nc1cnc2ccccc2c1. The van der Waals surface area contributed by atoms with Crippen LogP contribution in [-0.4, -0.2) is 72.3 Å². The molecule has 0 aliphatic carbocycles. The number of nitrogens with one attached hydrogen (secondary N) is 3. The van der Waals surface area contributed by atoms with Gasteiger partial charge in [0.25, 0.3) is 0 Å². The van der Waals surface area contributed by atoms with Gasteiger partial charge in [-0.25, -0.2) is 0 Å². The standard InChI is InChI=1S/C27H33N7O4/c28-12-14-34(15-13-29)27(38)26(37)31-18-24(35)33-23(11-10-19-6-2-1-3-7-19)25(36)32-21-16-20-8-4-5-9-22(20)30-17-21/h1-9,16-17,23H,10-15,18,28-29H2,(H,31,37)(H,32,36)(H,33,35)/t23-/m0/s1. The molecule has 38 heavy (non-hydrogen) atoms. The first-order chi connectivity index (χ1) is 18.4. The maximum Gasteiger partial charge on any atom is 0.311 e. The number of fused-ring (bicyclic) bond motifs is 1. The van der Waals surface area contributed by atoms with E-state index in [1.807, 2.05) is 54.6 Å². The van der Waals surface area contributed by atoms with Gasteiger partial charge in [-0.05, 0) is 30.5 Å². The highest BCUT2D eigenvalue weighted by molar-refractivity contribution is 6.35. The highest BCUT2D eigenvalue weighted by Crippen LogP contribution is 2.16. The first-order valence-electron chi connectivity index (χ1n) is 12.4. The molecule has 0 radical (unpaired) electrons. The van der Waals surface area contributed by atoms with Crippen LogP contribution in [0.25, 0.3) is 10.9 Å². The second-order valence-electron chi connectivity index (χ2n) is 8.60. The molecule has 3 aromatic rings. The average Bonchev–Trinajstić information content (AvgIpc) is 2.93. The molecule has 0 bridgehead atoms. The zero-order chi connectivity index (χ0) is 27.3. The molecular formula is C27H33N7O4. The van der Waals surface area contributed by atoms with Crippen LogP contribution < -0.4 is 27.4 Å². The molecule has 1 atom stereocenters. The number of rotatable bonds is 12. The second-order valence-corrected chi connectivity index (χ2v) is 8.60. The average molecular weight is 520 g/mol. The maximum atomic E-state index is 13.2. The number of amides is 4. The molecule has 1 aromatic heterocycles. The number of pyridine rings is 1. The van der Waals surface area contributed by atoms with Crippen molar-refractivity contribution in [2.45, 2.75) is 18.9 Å². The molecule has 0 spiro atoms. The first kappa shape index (κ1) is 28.2. The van der Waals surface area contributed by atoms with Crippen molar-refractivity contribution < 1.29 is 19.2 Å². The number of carbonyl (C=O) groups is 4. The Hall–Kier alpha value is -4.35. The van der Waals surface area contributed by atoms with Crippen LogP contribution in [0, 0.1) is 0 Å². The Morgan fingerprint density at radius 2 is 1.61 bits per heavy atom. The van der Waals surface area contributed by atoms with Crippen LogP contribution in [0.4, 0.5) is 5.69 Å². The molecule has 0 unspecified atom stereocenters. The summed E-state index contributed by atoms with van der Waals surface area (Å²) in [5.74, 6) is -2.81. The van der Waals surface area contributed by atoms with Crippen LogP contribution >= 0.6 is 0 Å². The van der Waals surface area contributed by atoms with Crippen LogP contribution in [0.15, 0.2) is 66.9 Å². The van der Waals surface area contributed by atoms with Crippen molar-refractivity contribution in [3.63, 3.8) is 0 Å². The Kier molecular flexibility index (Phi) is 10.7. The van der Waals surface area contributed by atoms with Crippen molar-refractivity contribution in [1.29, 1.82) is 0 Å². The minimum atomic E-state index is -0.949.